The Bertz CT molecular complexity index is 790. The zero-order valence-corrected chi connectivity index (χ0v) is 10.2. The molecule has 0 fully saturated rings. The highest BCUT2D eigenvalue weighted by atomic mass is 16.2. The summed E-state index contributed by atoms with van der Waals surface area (Å²) < 4.78 is 0. The molecule has 3 heterocycles. The molecule has 100 valence electrons. The molecule has 3 rings (SSSR count). The van der Waals surface area contributed by atoms with E-state index in [1.807, 2.05) is 12.1 Å². The molecule has 8 heteroatoms. The second kappa shape index (κ2) is 4.59. The van der Waals surface area contributed by atoms with Crippen molar-refractivity contribution >= 4 is 23.4 Å². The van der Waals surface area contributed by atoms with Crippen molar-refractivity contribution in [2.45, 2.75) is 0 Å². The van der Waals surface area contributed by atoms with Crippen LogP contribution in [0.5, 0.6) is 0 Å². The van der Waals surface area contributed by atoms with E-state index in [0.717, 1.165) is 16.6 Å². The number of H-pyrrole nitrogens is 2. The molecule has 0 saturated heterocycles. The number of hydrogen-bond acceptors (Lipinski definition) is 5. The van der Waals surface area contributed by atoms with Crippen LogP contribution in [0.4, 0.5) is 0 Å². The third kappa shape index (κ3) is 1.84. The Balaban J connectivity index is 2.02. The maximum absolute atomic E-state index is 11.7. The highest BCUT2D eigenvalue weighted by Crippen LogP contribution is 2.24. The number of amides is 2. The minimum absolute atomic E-state index is 0.132. The van der Waals surface area contributed by atoms with Crippen LogP contribution in [0.15, 0.2) is 30.7 Å². The first-order valence-electron chi connectivity index (χ1n) is 5.71. The molecule has 0 saturated carbocycles. The average Bonchev–Trinajstić information content (AvgIpc) is 3.11. The molecule has 0 radical (unpaired) electrons. The maximum Gasteiger partial charge on any atom is 0.292 e. The third-order valence-electron chi connectivity index (χ3n) is 2.86. The SMILES string of the molecule is NN(C=O)C(=O)c1cnc(-c2c[nH]c3ncccc23)[nH]1. The highest BCUT2D eigenvalue weighted by Gasteiger charge is 2.16. The lowest BCUT2D eigenvalue weighted by molar-refractivity contribution is -0.116. The lowest BCUT2D eigenvalue weighted by atomic mass is 10.2. The Labute approximate surface area is 112 Å². The monoisotopic (exact) mass is 270 g/mol. The maximum atomic E-state index is 11.7. The van der Waals surface area contributed by atoms with Crippen molar-refractivity contribution in [3.8, 4) is 11.4 Å². The van der Waals surface area contributed by atoms with Gasteiger partial charge in [0.2, 0.25) is 6.41 Å². The first-order valence-corrected chi connectivity index (χ1v) is 5.71. The van der Waals surface area contributed by atoms with Crippen molar-refractivity contribution in [2.24, 2.45) is 5.84 Å². The van der Waals surface area contributed by atoms with Gasteiger partial charge in [0.1, 0.15) is 17.2 Å². The van der Waals surface area contributed by atoms with E-state index in [-0.39, 0.29) is 12.1 Å². The lowest BCUT2D eigenvalue weighted by Crippen LogP contribution is -2.36. The number of nitrogens with one attached hydrogen (secondary N) is 2. The van der Waals surface area contributed by atoms with Crippen molar-refractivity contribution in [2.75, 3.05) is 0 Å². The highest BCUT2D eigenvalue weighted by molar-refractivity contribution is 5.98. The molecule has 0 aliphatic rings. The van der Waals surface area contributed by atoms with Crippen molar-refractivity contribution in [1.29, 1.82) is 0 Å². The molecule has 3 aromatic heterocycles. The molecule has 2 amide bonds. The summed E-state index contributed by atoms with van der Waals surface area (Å²) in [5.41, 5.74) is 1.63. The van der Waals surface area contributed by atoms with Crippen LogP contribution in [-0.2, 0) is 4.79 Å². The Kier molecular flexibility index (Phi) is 2.77. The van der Waals surface area contributed by atoms with Crippen molar-refractivity contribution in [1.82, 2.24) is 24.9 Å². The van der Waals surface area contributed by atoms with Crippen LogP contribution in [0.1, 0.15) is 10.5 Å². The summed E-state index contributed by atoms with van der Waals surface area (Å²) in [5, 5.41) is 1.33. The van der Waals surface area contributed by atoms with Gasteiger partial charge in [-0.05, 0) is 12.1 Å². The Morgan fingerprint density at radius 2 is 2.25 bits per heavy atom. The van der Waals surface area contributed by atoms with E-state index >= 15 is 0 Å². The molecule has 0 aromatic carbocycles. The standard InChI is InChI=1S/C12H10N6O2/c13-18(6-19)12(20)9-5-16-11(17-9)8-4-15-10-7(8)2-1-3-14-10/h1-6H,13H2,(H,14,15)(H,16,17). The Morgan fingerprint density at radius 3 is 3.05 bits per heavy atom. The molecule has 20 heavy (non-hydrogen) atoms. The summed E-state index contributed by atoms with van der Waals surface area (Å²) in [6.07, 6.45) is 4.98. The number of imide groups is 1. The molecule has 0 bridgehead atoms. The molecule has 0 aliphatic carbocycles. The number of hydrogen-bond donors (Lipinski definition) is 3. The number of carbonyl (C=O) groups excluding carboxylic acids is 2. The number of carbonyl (C=O) groups is 2. The fourth-order valence-corrected chi connectivity index (χ4v) is 1.91. The normalized spacial score (nSPS) is 10.7. The topological polar surface area (TPSA) is 121 Å². The largest absolute Gasteiger partial charge is 0.345 e. The zero-order chi connectivity index (χ0) is 14.1. The van der Waals surface area contributed by atoms with E-state index in [9.17, 15) is 9.59 Å². The van der Waals surface area contributed by atoms with Crippen LogP contribution in [0.3, 0.4) is 0 Å². The number of nitrogens with zero attached hydrogens (tertiary/aromatic N) is 3. The summed E-state index contributed by atoms with van der Waals surface area (Å²) in [7, 11) is 0. The number of nitrogens with two attached hydrogens (primary N) is 1. The van der Waals surface area contributed by atoms with E-state index in [1.54, 1.807) is 12.4 Å². The summed E-state index contributed by atoms with van der Waals surface area (Å²) in [4.78, 5) is 36.3. The van der Waals surface area contributed by atoms with Gasteiger partial charge in [-0.15, -0.1) is 0 Å². The van der Waals surface area contributed by atoms with Gasteiger partial charge in [0.05, 0.1) is 6.20 Å². The number of fused-ring (bicyclic) bond motifs is 1. The number of imidazole rings is 1. The molecule has 8 nitrogen and oxygen atoms in total. The van der Waals surface area contributed by atoms with Gasteiger partial charge < -0.3 is 9.97 Å². The van der Waals surface area contributed by atoms with Crippen LogP contribution in [-0.4, -0.2) is 37.3 Å². The van der Waals surface area contributed by atoms with Crippen molar-refractivity contribution < 1.29 is 9.59 Å². The van der Waals surface area contributed by atoms with E-state index in [2.05, 4.69) is 19.9 Å². The zero-order valence-electron chi connectivity index (χ0n) is 10.2. The molecule has 3 aromatic rings. The summed E-state index contributed by atoms with van der Waals surface area (Å²) >= 11 is 0. The molecular formula is C12H10N6O2. The Morgan fingerprint density at radius 1 is 1.40 bits per heavy atom. The van der Waals surface area contributed by atoms with E-state index in [1.165, 1.54) is 6.20 Å². The minimum atomic E-state index is -0.656. The number of rotatable bonds is 3. The minimum Gasteiger partial charge on any atom is -0.345 e. The van der Waals surface area contributed by atoms with Gasteiger partial charge >= 0.3 is 0 Å². The van der Waals surface area contributed by atoms with Crippen molar-refractivity contribution in [3.63, 3.8) is 0 Å². The smallest absolute Gasteiger partial charge is 0.292 e. The molecule has 0 atom stereocenters. The fourth-order valence-electron chi connectivity index (χ4n) is 1.91. The average molecular weight is 270 g/mol. The number of hydrazine groups is 1. The van der Waals surface area contributed by atoms with Crippen LogP contribution >= 0.6 is 0 Å². The van der Waals surface area contributed by atoms with Crippen LogP contribution in [0.2, 0.25) is 0 Å². The van der Waals surface area contributed by atoms with Gasteiger partial charge in [-0.25, -0.2) is 20.8 Å². The third-order valence-corrected chi connectivity index (χ3v) is 2.86. The Hall–Kier alpha value is -3.00. The van der Waals surface area contributed by atoms with Gasteiger partial charge in [-0.3, -0.25) is 9.59 Å². The lowest BCUT2D eigenvalue weighted by Gasteiger charge is -2.04. The van der Waals surface area contributed by atoms with Gasteiger partial charge in [0.15, 0.2) is 0 Å². The van der Waals surface area contributed by atoms with E-state index < -0.39 is 5.91 Å². The van der Waals surface area contributed by atoms with Crippen LogP contribution in [0.25, 0.3) is 22.4 Å². The van der Waals surface area contributed by atoms with E-state index in [4.69, 9.17) is 5.84 Å². The molecule has 0 unspecified atom stereocenters. The van der Waals surface area contributed by atoms with Gasteiger partial charge in [-0.1, -0.05) is 0 Å². The molecular weight excluding hydrogens is 260 g/mol. The second-order valence-electron chi connectivity index (χ2n) is 4.07. The fraction of sp³-hybridized carbons (Fsp3) is 0. The summed E-state index contributed by atoms with van der Waals surface area (Å²) in [6, 6.07) is 3.70. The number of aromatic amines is 2. The summed E-state index contributed by atoms with van der Waals surface area (Å²) in [6.45, 7) is 0. The first kappa shape index (κ1) is 12.1. The van der Waals surface area contributed by atoms with E-state index in [0.29, 0.717) is 10.8 Å². The van der Waals surface area contributed by atoms with Crippen LogP contribution < -0.4 is 5.84 Å². The first-order chi connectivity index (χ1) is 9.70. The molecule has 0 aliphatic heterocycles. The number of aromatic nitrogens is 4. The predicted octanol–water partition coefficient (Wildman–Crippen LogP) is 0.425. The predicted molar refractivity (Wildman–Crippen MR) is 70.1 cm³/mol. The molecule has 4 N–H and O–H groups in total. The van der Waals surface area contributed by atoms with Gasteiger partial charge in [-0.2, -0.15) is 0 Å². The second-order valence-corrected chi connectivity index (χ2v) is 4.07. The van der Waals surface area contributed by atoms with Crippen molar-refractivity contribution in [3.05, 3.63) is 36.4 Å². The number of pyridine rings is 1. The molecule has 0 spiro atoms. The van der Waals surface area contributed by atoms with Crippen LogP contribution in [0, 0.1) is 0 Å². The summed E-state index contributed by atoms with van der Waals surface area (Å²) in [5.74, 6) is 5.06. The van der Waals surface area contributed by atoms with Gasteiger partial charge in [0.25, 0.3) is 5.91 Å². The quantitative estimate of drug-likeness (QED) is 0.276. The van der Waals surface area contributed by atoms with Gasteiger partial charge in [0, 0.05) is 23.3 Å².